The Kier molecular flexibility index (Phi) is 5.71. The fraction of sp³-hybridized carbons (Fsp3) is 0.235. The van der Waals surface area contributed by atoms with Gasteiger partial charge in [-0.15, -0.1) is 11.8 Å². The molecule has 0 aromatic heterocycles. The van der Waals surface area contributed by atoms with Crippen LogP contribution < -0.4 is 0 Å². The molecule has 0 N–H and O–H groups in total. The molecule has 0 unspecified atom stereocenters. The maximum atomic E-state index is 12.3. The highest BCUT2D eigenvalue weighted by atomic mass is 35.5. The summed E-state index contributed by atoms with van der Waals surface area (Å²) in [4.78, 5) is 15.2. The van der Waals surface area contributed by atoms with E-state index in [9.17, 15) is 4.79 Å². The number of hydrogen-bond donors (Lipinski definition) is 0. The second-order valence-corrected chi connectivity index (χ2v) is 6.15. The summed E-state index contributed by atoms with van der Waals surface area (Å²) in [7, 11) is 1.82. The molecule has 1 amide bonds. The third-order valence-corrected chi connectivity index (χ3v) is 4.42. The van der Waals surface area contributed by atoms with E-state index >= 15 is 0 Å². The molecule has 0 fully saturated rings. The molecule has 21 heavy (non-hydrogen) atoms. The summed E-state index contributed by atoms with van der Waals surface area (Å²) in [6.45, 7) is 0.609. The number of likely N-dealkylation sites (N-methyl/N-ethyl adjacent to an activating group) is 1. The van der Waals surface area contributed by atoms with Crippen LogP contribution in [0.15, 0.2) is 53.4 Å². The Hall–Kier alpha value is -1.45. The Bertz CT molecular complexity index is 612. The van der Waals surface area contributed by atoms with Crippen molar-refractivity contribution in [1.29, 1.82) is 0 Å². The lowest BCUT2D eigenvalue weighted by Gasteiger charge is -2.18. The number of benzene rings is 2. The average molecular weight is 320 g/mol. The predicted octanol–water partition coefficient (Wildman–Crippen LogP) is 4.26. The molecule has 2 rings (SSSR count). The Morgan fingerprint density at radius 1 is 1.14 bits per heavy atom. The molecule has 110 valence electrons. The molecule has 4 heteroatoms. The minimum Gasteiger partial charge on any atom is -0.341 e. The van der Waals surface area contributed by atoms with Crippen LogP contribution in [0.3, 0.4) is 0 Å². The summed E-state index contributed by atoms with van der Waals surface area (Å²) in [5.41, 5.74) is 2.00. The number of amides is 1. The molecule has 0 aliphatic rings. The highest BCUT2D eigenvalue weighted by molar-refractivity contribution is 7.98. The van der Waals surface area contributed by atoms with Crippen LogP contribution in [0.25, 0.3) is 0 Å². The van der Waals surface area contributed by atoms with Crippen LogP contribution in [0.4, 0.5) is 0 Å². The molecule has 0 saturated heterocycles. The van der Waals surface area contributed by atoms with Crippen LogP contribution in [0.1, 0.15) is 11.1 Å². The van der Waals surface area contributed by atoms with E-state index in [1.807, 2.05) is 37.6 Å². The summed E-state index contributed by atoms with van der Waals surface area (Å²) in [5, 5.41) is 0.642. The molecule has 0 saturated carbocycles. The maximum absolute atomic E-state index is 12.3. The number of halogens is 1. The highest BCUT2D eigenvalue weighted by Crippen LogP contribution is 2.18. The topological polar surface area (TPSA) is 20.3 Å². The number of hydrogen-bond acceptors (Lipinski definition) is 2. The van der Waals surface area contributed by atoms with Crippen LogP contribution in [0, 0.1) is 0 Å². The van der Waals surface area contributed by atoms with Crippen LogP contribution >= 0.6 is 23.4 Å². The van der Waals surface area contributed by atoms with Crippen LogP contribution in [0.5, 0.6) is 0 Å². The first-order valence-corrected chi connectivity index (χ1v) is 8.30. The van der Waals surface area contributed by atoms with Crippen LogP contribution in [0.2, 0.25) is 5.02 Å². The zero-order valence-electron chi connectivity index (χ0n) is 12.2. The van der Waals surface area contributed by atoms with Gasteiger partial charge in [-0.25, -0.2) is 0 Å². The van der Waals surface area contributed by atoms with Gasteiger partial charge < -0.3 is 4.90 Å². The van der Waals surface area contributed by atoms with E-state index < -0.39 is 0 Å². The molecular weight excluding hydrogens is 302 g/mol. The van der Waals surface area contributed by atoms with Gasteiger partial charge in [0, 0.05) is 23.5 Å². The van der Waals surface area contributed by atoms with E-state index in [0.29, 0.717) is 18.0 Å². The van der Waals surface area contributed by atoms with E-state index in [1.54, 1.807) is 16.7 Å². The zero-order chi connectivity index (χ0) is 15.2. The Morgan fingerprint density at radius 2 is 1.81 bits per heavy atom. The van der Waals surface area contributed by atoms with E-state index in [0.717, 1.165) is 11.1 Å². The van der Waals surface area contributed by atoms with Crippen molar-refractivity contribution in [2.45, 2.75) is 17.9 Å². The molecule has 0 bridgehead atoms. The SMILES string of the molecule is CSc1ccc(CN(C)C(=O)Cc2ccccc2Cl)cc1. The first kappa shape index (κ1) is 15.9. The maximum Gasteiger partial charge on any atom is 0.227 e. The summed E-state index contributed by atoms with van der Waals surface area (Å²) >= 11 is 7.80. The molecule has 0 heterocycles. The minimum atomic E-state index is 0.0667. The van der Waals surface area contributed by atoms with E-state index in [1.165, 1.54) is 4.90 Å². The number of rotatable bonds is 5. The molecule has 2 nitrogen and oxygen atoms in total. The van der Waals surface area contributed by atoms with Gasteiger partial charge in [0.2, 0.25) is 5.91 Å². The molecule has 0 aliphatic heterocycles. The number of carbonyl (C=O) groups excluding carboxylic acids is 1. The third-order valence-electron chi connectivity index (χ3n) is 3.30. The van der Waals surface area contributed by atoms with E-state index in [-0.39, 0.29) is 5.91 Å². The van der Waals surface area contributed by atoms with Crippen molar-refractivity contribution in [2.75, 3.05) is 13.3 Å². The second-order valence-electron chi connectivity index (χ2n) is 4.87. The van der Waals surface area contributed by atoms with Gasteiger partial charge >= 0.3 is 0 Å². The fourth-order valence-electron chi connectivity index (χ4n) is 2.03. The first-order valence-electron chi connectivity index (χ1n) is 6.70. The molecule has 2 aromatic rings. The van der Waals surface area contributed by atoms with Crippen LogP contribution in [-0.2, 0) is 17.8 Å². The number of nitrogens with zero attached hydrogens (tertiary/aromatic N) is 1. The standard InChI is InChI=1S/C17H18ClNOS/c1-19(12-13-7-9-15(21-2)10-8-13)17(20)11-14-5-3-4-6-16(14)18/h3-10H,11-12H2,1-2H3. The van der Waals surface area contributed by atoms with Crippen molar-refractivity contribution in [1.82, 2.24) is 4.90 Å². The molecule has 0 aliphatic carbocycles. The summed E-state index contributed by atoms with van der Waals surface area (Å²) in [6, 6.07) is 15.7. The summed E-state index contributed by atoms with van der Waals surface area (Å²) in [5.74, 6) is 0.0667. The first-order chi connectivity index (χ1) is 10.1. The molecule has 0 atom stereocenters. The van der Waals surface area contributed by atoms with E-state index in [2.05, 4.69) is 24.3 Å². The fourth-order valence-corrected chi connectivity index (χ4v) is 2.64. The van der Waals surface area contributed by atoms with Gasteiger partial charge in [-0.1, -0.05) is 41.9 Å². The van der Waals surface area contributed by atoms with Crippen molar-refractivity contribution in [3.05, 3.63) is 64.7 Å². The number of thioether (sulfide) groups is 1. The lowest BCUT2D eigenvalue weighted by atomic mass is 10.1. The lowest BCUT2D eigenvalue weighted by molar-refractivity contribution is -0.129. The predicted molar refractivity (Wildman–Crippen MR) is 89.9 cm³/mol. The van der Waals surface area contributed by atoms with Gasteiger partial charge in [-0.2, -0.15) is 0 Å². The van der Waals surface area contributed by atoms with E-state index in [4.69, 9.17) is 11.6 Å². The highest BCUT2D eigenvalue weighted by Gasteiger charge is 2.12. The smallest absolute Gasteiger partial charge is 0.227 e. The average Bonchev–Trinajstić information content (AvgIpc) is 2.50. The summed E-state index contributed by atoms with van der Waals surface area (Å²) < 4.78 is 0. The molecule has 0 spiro atoms. The van der Waals surface area contributed by atoms with Gasteiger partial charge in [0.1, 0.15) is 0 Å². The van der Waals surface area contributed by atoms with Gasteiger partial charge in [0.25, 0.3) is 0 Å². The van der Waals surface area contributed by atoms with Crippen LogP contribution in [-0.4, -0.2) is 24.1 Å². The Balaban J connectivity index is 1.97. The second kappa shape index (κ2) is 7.53. The van der Waals surface area contributed by atoms with Crippen molar-refractivity contribution in [3.63, 3.8) is 0 Å². The zero-order valence-corrected chi connectivity index (χ0v) is 13.7. The third kappa shape index (κ3) is 4.51. The van der Waals surface area contributed by atoms with Crippen molar-refractivity contribution in [2.24, 2.45) is 0 Å². The summed E-state index contributed by atoms with van der Waals surface area (Å²) in [6.07, 6.45) is 2.38. The van der Waals surface area contributed by atoms with Gasteiger partial charge in [0.15, 0.2) is 0 Å². The number of carbonyl (C=O) groups is 1. The quantitative estimate of drug-likeness (QED) is 0.767. The molecule has 0 radical (unpaired) electrons. The minimum absolute atomic E-state index is 0.0667. The monoisotopic (exact) mass is 319 g/mol. The van der Waals surface area contributed by atoms with Crippen molar-refractivity contribution >= 4 is 29.3 Å². The van der Waals surface area contributed by atoms with Crippen molar-refractivity contribution < 1.29 is 4.79 Å². The largest absolute Gasteiger partial charge is 0.341 e. The molecule has 2 aromatic carbocycles. The Labute approximate surface area is 135 Å². The molecular formula is C17H18ClNOS. The normalized spacial score (nSPS) is 10.4. The van der Waals surface area contributed by atoms with Gasteiger partial charge in [-0.05, 0) is 35.6 Å². The van der Waals surface area contributed by atoms with Crippen molar-refractivity contribution in [3.8, 4) is 0 Å². The lowest BCUT2D eigenvalue weighted by Crippen LogP contribution is -2.27. The van der Waals surface area contributed by atoms with Gasteiger partial charge in [-0.3, -0.25) is 4.79 Å². The van der Waals surface area contributed by atoms with Gasteiger partial charge in [0.05, 0.1) is 6.42 Å². The Morgan fingerprint density at radius 3 is 2.43 bits per heavy atom.